The fraction of sp³-hybridized carbons (Fsp3) is 0.125. The van der Waals surface area contributed by atoms with Crippen LogP contribution < -0.4 is 11.1 Å². The van der Waals surface area contributed by atoms with E-state index in [9.17, 15) is 4.79 Å². The molecule has 0 bridgehead atoms. The Bertz CT molecular complexity index is 352. The van der Waals surface area contributed by atoms with Gasteiger partial charge >= 0.3 is 0 Å². The van der Waals surface area contributed by atoms with Crippen molar-refractivity contribution in [2.75, 3.05) is 5.32 Å². The molecule has 0 spiro atoms. The van der Waals surface area contributed by atoms with E-state index in [1.165, 1.54) is 0 Å². The van der Waals surface area contributed by atoms with Crippen molar-refractivity contribution < 1.29 is 9.21 Å². The Morgan fingerprint density at radius 2 is 2.50 bits per heavy atom. The third-order valence-electron chi connectivity index (χ3n) is 1.82. The summed E-state index contributed by atoms with van der Waals surface area (Å²) in [7, 11) is 0. The van der Waals surface area contributed by atoms with Crippen molar-refractivity contribution in [2.24, 2.45) is 5.73 Å². The lowest BCUT2D eigenvalue weighted by molar-refractivity contribution is -0.114. The fourth-order valence-electron chi connectivity index (χ4n) is 1.17. The second-order valence-corrected chi connectivity index (χ2v) is 2.63. The Kier molecular flexibility index (Phi) is 1.40. The van der Waals surface area contributed by atoms with Gasteiger partial charge in [-0.25, -0.2) is 0 Å². The molecule has 12 heavy (non-hydrogen) atoms. The predicted molar refractivity (Wildman–Crippen MR) is 43.3 cm³/mol. The molecule has 0 unspecified atom stereocenters. The average molecular weight is 164 g/mol. The third kappa shape index (κ3) is 0.972. The first-order chi connectivity index (χ1) is 5.77. The van der Waals surface area contributed by atoms with Crippen LogP contribution in [0.25, 0.3) is 0 Å². The number of primary amides is 1. The Hall–Kier alpha value is -1.71. The van der Waals surface area contributed by atoms with Gasteiger partial charge in [0.1, 0.15) is 0 Å². The zero-order valence-corrected chi connectivity index (χ0v) is 6.33. The van der Waals surface area contributed by atoms with E-state index in [1.807, 2.05) is 6.07 Å². The van der Waals surface area contributed by atoms with Gasteiger partial charge in [0, 0.05) is 23.8 Å². The van der Waals surface area contributed by atoms with Gasteiger partial charge in [-0.3, -0.25) is 4.79 Å². The van der Waals surface area contributed by atoms with Crippen LogP contribution >= 0.6 is 0 Å². The smallest absolute Gasteiger partial charge is 0.246 e. The zero-order valence-electron chi connectivity index (χ0n) is 6.33. The minimum absolute atomic E-state index is 0.394. The van der Waals surface area contributed by atoms with Crippen molar-refractivity contribution in [3.05, 3.63) is 29.7 Å². The molecule has 1 aliphatic heterocycles. The highest BCUT2D eigenvalue weighted by Gasteiger charge is 2.15. The molecule has 3 N–H and O–H groups in total. The largest absolute Gasteiger partial charge is 0.448 e. The zero-order chi connectivity index (χ0) is 8.55. The summed E-state index contributed by atoms with van der Waals surface area (Å²) < 4.78 is 5.08. The van der Waals surface area contributed by atoms with Gasteiger partial charge < -0.3 is 15.5 Å². The number of fused-ring (bicyclic) bond motifs is 1. The van der Waals surface area contributed by atoms with E-state index in [1.54, 1.807) is 12.5 Å². The molecule has 1 amide bonds. The van der Waals surface area contributed by atoms with Gasteiger partial charge in [0.05, 0.1) is 6.26 Å². The minimum Gasteiger partial charge on any atom is -0.448 e. The topological polar surface area (TPSA) is 68.3 Å². The van der Waals surface area contributed by atoms with E-state index >= 15 is 0 Å². The Morgan fingerprint density at radius 1 is 1.67 bits per heavy atom. The molecule has 2 heterocycles. The quantitative estimate of drug-likeness (QED) is 0.639. The predicted octanol–water partition coefficient (Wildman–Crippen LogP) is 0.617. The molecular weight excluding hydrogens is 156 g/mol. The van der Waals surface area contributed by atoms with Gasteiger partial charge in [0.2, 0.25) is 5.91 Å². The van der Waals surface area contributed by atoms with Gasteiger partial charge in [0.15, 0.2) is 5.88 Å². The highest BCUT2D eigenvalue weighted by Crippen LogP contribution is 2.24. The molecule has 4 heteroatoms. The summed E-state index contributed by atoms with van der Waals surface area (Å²) in [4.78, 5) is 10.8. The molecule has 0 aromatic carbocycles. The van der Waals surface area contributed by atoms with Gasteiger partial charge in [0.25, 0.3) is 0 Å². The van der Waals surface area contributed by atoms with Crippen LogP contribution in [0, 0.1) is 0 Å². The van der Waals surface area contributed by atoms with Crippen molar-refractivity contribution in [3.63, 3.8) is 0 Å². The molecule has 62 valence electrons. The first-order valence-corrected chi connectivity index (χ1v) is 3.59. The maximum absolute atomic E-state index is 10.8. The number of rotatable bonds is 1. The van der Waals surface area contributed by atoms with E-state index in [0.29, 0.717) is 17.9 Å². The lowest BCUT2D eigenvalue weighted by Crippen LogP contribution is -2.19. The number of carbonyl (C=O) groups excluding carboxylic acids is 1. The van der Waals surface area contributed by atoms with Crippen LogP contribution in [0.2, 0.25) is 0 Å². The van der Waals surface area contributed by atoms with E-state index in [2.05, 4.69) is 5.32 Å². The highest BCUT2D eigenvalue weighted by molar-refractivity contribution is 5.93. The van der Waals surface area contributed by atoms with Crippen molar-refractivity contribution >= 4 is 11.8 Å². The van der Waals surface area contributed by atoms with Crippen LogP contribution in [0.4, 0.5) is 5.88 Å². The van der Waals surface area contributed by atoms with Crippen LogP contribution in [0.5, 0.6) is 0 Å². The summed E-state index contributed by atoms with van der Waals surface area (Å²) in [5, 5.41) is 2.84. The summed E-state index contributed by atoms with van der Waals surface area (Å²) in [6.45, 7) is 0. The first-order valence-electron chi connectivity index (χ1n) is 3.59. The summed E-state index contributed by atoms with van der Waals surface area (Å²) >= 11 is 0. The molecule has 0 saturated carbocycles. The van der Waals surface area contributed by atoms with E-state index in [0.717, 1.165) is 5.56 Å². The molecular formula is C8H8N2O2. The van der Waals surface area contributed by atoms with Crippen LogP contribution in [0.1, 0.15) is 5.56 Å². The molecule has 2 rings (SSSR count). The molecule has 4 nitrogen and oxygen atoms in total. The number of furan rings is 1. The molecule has 0 saturated heterocycles. The summed E-state index contributed by atoms with van der Waals surface area (Å²) in [5.41, 5.74) is 6.65. The SMILES string of the molecule is NC(=O)C1=CNc2occc2C1. The van der Waals surface area contributed by atoms with Crippen LogP contribution in [-0.2, 0) is 11.2 Å². The van der Waals surface area contributed by atoms with Crippen LogP contribution in [0.3, 0.4) is 0 Å². The Labute approximate surface area is 69.0 Å². The summed E-state index contributed by atoms with van der Waals surface area (Å²) in [5.74, 6) is 0.300. The molecule has 0 radical (unpaired) electrons. The monoisotopic (exact) mass is 164 g/mol. The number of anilines is 1. The maximum atomic E-state index is 10.8. The molecule has 1 aromatic rings. The molecule has 0 aliphatic carbocycles. The van der Waals surface area contributed by atoms with Crippen molar-refractivity contribution in [2.45, 2.75) is 6.42 Å². The van der Waals surface area contributed by atoms with Gasteiger partial charge in [-0.15, -0.1) is 0 Å². The standard InChI is InChI=1S/C8H8N2O2/c9-7(11)6-3-5-1-2-12-8(5)10-4-6/h1-2,4,10H,3H2,(H2,9,11). The normalized spacial score (nSPS) is 14.5. The summed E-state index contributed by atoms with van der Waals surface area (Å²) in [6, 6.07) is 1.82. The van der Waals surface area contributed by atoms with E-state index in [-0.39, 0.29) is 0 Å². The molecule has 1 aromatic heterocycles. The maximum Gasteiger partial charge on any atom is 0.246 e. The lowest BCUT2D eigenvalue weighted by atomic mass is 10.1. The van der Waals surface area contributed by atoms with E-state index in [4.69, 9.17) is 10.2 Å². The molecule has 1 aliphatic rings. The van der Waals surface area contributed by atoms with Crippen molar-refractivity contribution in [1.29, 1.82) is 0 Å². The van der Waals surface area contributed by atoms with Crippen molar-refractivity contribution in [1.82, 2.24) is 0 Å². The van der Waals surface area contributed by atoms with Crippen LogP contribution in [-0.4, -0.2) is 5.91 Å². The lowest BCUT2D eigenvalue weighted by Gasteiger charge is -2.10. The van der Waals surface area contributed by atoms with Crippen LogP contribution in [0.15, 0.2) is 28.5 Å². The molecule has 0 fully saturated rings. The van der Waals surface area contributed by atoms with Gasteiger partial charge in [-0.1, -0.05) is 0 Å². The van der Waals surface area contributed by atoms with E-state index < -0.39 is 5.91 Å². The van der Waals surface area contributed by atoms with Gasteiger partial charge in [-0.2, -0.15) is 0 Å². The number of nitrogens with one attached hydrogen (secondary N) is 1. The third-order valence-corrected chi connectivity index (χ3v) is 1.82. The second kappa shape index (κ2) is 2.41. The average Bonchev–Trinajstić information content (AvgIpc) is 2.49. The van der Waals surface area contributed by atoms with Gasteiger partial charge in [-0.05, 0) is 6.07 Å². The Balaban J connectivity index is 2.29. The summed E-state index contributed by atoms with van der Waals surface area (Å²) in [6.07, 6.45) is 3.71. The number of nitrogens with two attached hydrogens (primary N) is 1. The number of hydrogen-bond donors (Lipinski definition) is 2. The first kappa shape index (κ1) is 6.97. The number of hydrogen-bond acceptors (Lipinski definition) is 3. The highest BCUT2D eigenvalue weighted by atomic mass is 16.3. The van der Waals surface area contributed by atoms with Crippen molar-refractivity contribution in [3.8, 4) is 0 Å². The number of amides is 1. The minimum atomic E-state index is -0.394. The fourth-order valence-corrected chi connectivity index (χ4v) is 1.17. The number of carbonyl (C=O) groups is 1. The second-order valence-electron chi connectivity index (χ2n) is 2.63. The molecule has 0 atom stereocenters. The Morgan fingerprint density at radius 3 is 3.25 bits per heavy atom.